The molecule has 0 aromatic heterocycles. The lowest BCUT2D eigenvalue weighted by atomic mass is 10.0. The zero-order valence-electron chi connectivity index (χ0n) is 34.8. The maximum Gasteiger partial charge on any atom is 0.224 e. The highest BCUT2D eigenvalue weighted by molar-refractivity contribution is 5.91. The van der Waals surface area contributed by atoms with E-state index in [1.165, 1.54) is 127 Å². The molecule has 0 saturated carbocycles. The Morgan fingerprint density at radius 2 is 0.679 bits per heavy atom. The van der Waals surface area contributed by atoms with Gasteiger partial charge in [0.25, 0.3) is 0 Å². The summed E-state index contributed by atoms with van der Waals surface area (Å²) in [6, 6.07) is 16.4. The first kappa shape index (κ1) is 46.5. The SMILES string of the molecule is CCCCCCCN(CCCCCC)CCCC(=O)Nc1ccc(Cc2ccc(NC(=O)CCCN(CCCCCC)CCCCCCC)cc2)cc1. The number of nitrogens with one attached hydrogen (secondary N) is 2. The smallest absolute Gasteiger partial charge is 0.224 e. The number of carbonyl (C=O) groups is 2. The fourth-order valence-electron chi connectivity index (χ4n) is 7.09. The van der Waals surface area contributed by atoms with Crippen LogP contribution in [0, 0.1) is 0 Å². The minimum atomic E-state index is 0.0989. The van der Waals surface area contributed by atoms with Crippen LogP contribution < -0.4 is 10.6 Å². The first-order valence-electron chi connectivity index (χ1n) is 22.2. The van der Waals surface area contributed by atoms with Gasteiger partial charge in [-0.3, -0.25) is 9.59 Å². The second-order valence-corrected chi connectivity index (χ2v) is 15.5. The third kappa shape index (κ3) is 24.4. The van der Waals surface area contributed by atoms with Crippen molar-refractivity contribution in [2.45, 2.75) is 175 Å². The summed E-state index contributed by atoms with van der Waals surface area (Å²) >= 11 is 0. The van der Waals surface area contributed by atoms with Crippen LogP contribution >= 0.6 is 0 Å². The van der Waals surface area contributed by atoms with Crippen molar-refractivity contribution < 1.29 is 9.59 Å². The zero-order chi connectivity index (χ0) is 38.2. The average molecular weight is 733 g/mol. The molecule has 6 heteroatoms. The van der Waals surface area contributed by atoms with Crippen LogP contribution in [0.5, 0.6) is 0 Å². The molecule has 0 saturated heterocycles. The maximum atomic E-state index is 12.8. The predicted molar refractivity (Wildman–Crippen MR) is 230 cm³/mol. The van der Waals surface area contributed by atoms with Crippen molar-refractivity contribution in [2.24, 2.45) is 0 Å². The Morgan fingerprint density at radius 3 is 1.00 bits per heavy atom. The van der Waals surface area contributed by atoms with E-state index in [4.69, 9.17) is 0 Å². The van der Waals surface area contributed by atoms with Crippen LogP contribution in [-0.2, 0) is 16.0 Å². The van der Waals surface area contributed by atoms with Crippen molar-refractivity contribution in [2.75, 3.05) is 49.9 Å². The number of hydrogen-bond acceptors (Lipinski definition) is 4. The molecule has 0 radical (unpaired) electrons. The molecule has 2 rings (SSSR count). The van der Waals surface area contributed by atoms with Crippen LogP contribution in [0.3, 0.4) is 0 Å². The Hall–Kier alpha value is -2.70. The quantitative estimate of drug-likeness (QED) is 0.0703. The minimum absolute atomic E-state index is 0.0989. The topological polar surface area (TPSA) is 64.7 Å². The highest BCUT2D eigenvalue weighted by atomic mass is 16.2. The van der Waals surface area contributed by atoms with Crippen molar-refractivity contribution in [1.82, 2.24) is 9.80 Å². The molecule has 0 aliphatic heterocycles. The molecule has 0 unspecified atom stereocenters. The average Bonchev–Trinajstić information content (AvgIpc) is 3.16. The molecule has 2 aromatic rings. The highest BCUT2D eigenvalue weighted by Gasteiger charge is 2.10. The van der Waals surface area contributed by atoms with E-state index in [0.29, 0.717) is 12.8 Å². The predicted octanol–water partition coefficient (Wildman–Crippen LogP) is 12.4. The van der Waals surface area contributed by atoms with Gasteiger partial charge in [0.05, 0.1) is 0 Å². The van der Waals surface area contributed by atoms with E-state index in [1.807, 2.05) is 24.3 Å². The Balaban J connectivity index is 1.72. The Kier molecular flexibility index (Phi) is 27.7. The van der Waals surface area contributed by atoms with Gasteiger partial charge >= 0.3 is 0 Å². The van der Waals surface area contributed by atoms with Gasteiger partial charge in [0.2, 0.25) is 11.8 Å². The molecule has 0 bridgehead atoms. The van der Waals surface area contributed by atoms with E-state index in [-0.39, 0.29) is 11.8 Å². The Labute approximate surface area is 326 Å². The van der Waals surface area contributed by atoms with Gasteiger partial charge in [0.1, 0.15) is 0 Å². The molecule has 2 amide bonds. The van der Waals surface area contributed by atoms with Crippen molar-refractivity contribution in [3.05, 3.63) is 59.7 Å². The molecule has 0 aliphatic rings. The van der Waals surface area contributed by atoms with Crippen molar-refractivity contribution in [3.63, 3.8) is 0 Å². The first-order valence-corrected chi connectivity index (χ1v) is 22.2. The lowest BCUT2D eigenvalue weighted by molar-refractivity contribution is -0.117. The van der Waals surface area contributed by atoms with Crippen LogP contribution in [0.15, 0.2) is 48.5 Å². The van der Waals surface area contributed by atoms with E-state index in [1.54, 1.807) is 0 Å². The van der Waals surface area contributed by atoms with Gasteiger partial charge < -0.3 is 20.4 Å². The van der Waals surface area contributed by atoms with Crippen molar-refractivity contribution in [3.8, 4) is 0 Å². The molecule has 6 nitrogen and oxygen atoms in total. The number of rotatable bonds is 34. The van der Waals surface area contributed by atoms with Crippen LogP contribution in [0.4, 0.5) is 11.4 Å². The van der Waals surface area contributed by atoms with Crippen LogP contribution in [-0.4, -0.2) is 60.9 Å². The third-order valence-corrected chi connectivity index (χ3v) is 10.5. The van der Waals surface area contributed by atoms with Gasteiger partial charge in [0.15, 0.2) is 0 Å². The molecular weight excluding hydrogens is 653 g/mol. The van der Waals surface area contributed by atoms with E-state index in [0.717, 1.165) is 69.9 Å². The van der Waals surface area contributed by atoms with Crippen LogP contribution in [0.1, 0.15) is 180 Å². The minimum Gasteiger partial charge on any atom is -0.326 e. The second-order valence-electron chi connectivity index (χ2n) is 15.5. The highest BCUT2D eigenvalue weighted by Crippen LogP contribution is 2.17. The van der Waals surface area contributed by atoms with Gasteiger partial charge in [-0.05, 0) is 120 Å². The summed E-state index contributed by atoms with van der Waals surface area (Å²) in [4.78, 5) is 30.7. The molecular formula is C47H80N4O2. The molecule has 0 fully saturated rings. The summed E-state index contributed by atoms with van der Waals surface area (Å²) in [6.07, 6.45) is 27.1. The fraction of sp³-hybridized carbons (Fsp3) is 0.702. The number of amides is 2. The van der Waals surface area contributed by atoms with Crippen molar-refractivity contribution >= 4 is 23.2 Å². The summed E-state index contributed by atoms with van der Waals surface area (Å²) in [5.74, 6) is 0.198. The summed E-state index contributed by atoms with van der Waals surface area (Å²) in [6.45, 7) is 15.7. The molecule has 2 N–H and O–H groups in total. The lowest BCUT2D eigenvalue weighted by Gasteiger charge is -2.22. The Bertz CT molecular complexity index is 1070. The number of benzene rings is 2. The van der Waals surface area contributed by atoms with Crippen molar-refractivity contribution in [1.29, 1.82) is 0 Å². The van der Waals surface area contributed by atoms with Gasteiger partial charge in [-0.2, -0.15) is 0 Å². The lowest BCUT2D eigenvalue weighted by Crippen LogP contribution is -2.28. The molecule has 2 aromatic carbocycles. The largest absolute Gasteiger partial charge is 0.326 e. The second kappa shape index (κ2) is 31.6. The molecule has 0 atom stereocenters. The molecule has 53 heavy (non-hydrogen) atoms. The van der Waals surface area contributed by atoms with Gasteiger partial charge in [-0.25, -0.2) is 0 Å². The first-order chi connectivity index (χ1) is 26.0. The third-order valence-electron chi connectivity index (χ3n) is 10.5. The number of unbranched alkanes of at least 4 members (excludes halogenated alkanes) is 14. The number of hydrogen-bond donors (Lipinski definition) is 2. The number of nitrogens with zero attached hydrogens (tertiary/aromatic N) is 2. The maximum absolute atomic E-state index is 12.8. The summed E-state index contributed by atoms with van der Waals surface area (Å²) in [5, 5.41) is 6.22. The molecule has 0 heterocycles. The van der Waals surface area contributed by atoms with E-state index < -0.39 is 0 Å². The fourth-order valence-corrected chi connectivity index (χ4v) is 7.09. The summed E-state index contributed by atoms with van der Waals surface area (Å²) in [7, 11) is 0. The van der Waals surface area contributed by atoms with E-state index in [2.05, 4.69) is 72.4 Å². The summed E-state index contributed by atoms with van der Waals surface area (Å²) in [5.41, 5.74) is 4.11. The van der Waals surface area contributed by atoms with Crippen LogP contribution in [0.2, 0.25) is 0 Å². The van der Waals surface area contributed by atoms with Gasteiger partial charge in [-0.1, -0.05) is 142 Å². The Morgan fingerprint density at radius 1 is 0.396 bits per heavy atom. The molecule has 0 spiro atoms. The van der Waals surface area contributed by atoms with Crippen LogP contribution in [0.25, 0.3) is 0 Å². The number of carbonyl (C=O) groups excluding carboxylic acids is 2. The van der Waals surface area contributed by atoms with E-state index in [9.17, 15) is 9.59 Å². The number of anilines is 2. The molecule has 0 aliphatic carbocycles. The standard InChI is InChI=1S/C47H80N4O2/c1-5-9-13-17-21-37-50(35-19-15-11-7-3)39-23-25-46(52)48-44-31-27-42(28-32-44)41-43-29-33-45(34-30-43)49-47(53)26-24-40-51(36-20-16-12-8-4)38-22-18-14-10-6-2/h27-34H,5-26,35-41H2,1-4H3,(H,48,52)(H,49,53). The van der Waals surface area contributed by atoms with Gasteiger partial charge in [-0.15, -0.1) is 0 Å². The van der Waals surface area contributed by atoms with Gasteiger partial charge in [0, 0.05) is 24.2 Å². The normalized spacial score (nSPS) is 11.4. The summed E-state index contributed by atoms with van der Waals surface area (Å²) < 4.78 is 0. The van der Waals surface area contributed by atoms with E-state index >= 15 is 0 Å². The zero-order valence-corrected chi connectivity index (χ0v) is 34.8. The molecule has 300 valence electrons. The monoisotopic (exact) mass is 733 g/mol.